The molecule has 0 radical (unpaired) electrons. The maximum Gasteiger partial charge on any atom is 0.322 e. The summed E-state index contributed by atoms with van der Waals surface area (Å²) < 4.78 is 4.65. The molecule has 1 amide bonds. The van der Waals surface area contributed by atoms with E-state index in [2.05, 4.69) is 10.1 Å². The maximum atomic E-state index is 11.2. The first-order valence-electron chi connectivity index (χ1n) is 4.73. The molecule has 1 aliphatic heterocycles. The van der Waals surface area contributed by atoms with Crippen molar-refractivity contribution in [3.8, 4) is 0 Å². The standard InChI is InChI=1S/C9H16N2O3/c1-7(9(13)14-2)11-5-3-8(12)10-4-6-11/h7H,3-6H2,1-2H3,(H,10,12). The first-order valence-corrected chi connectivity index (χ1v) is 4.73. The summed E-state index contributed by atoms with van der Waals surface area (Å²) in [5.74, 6) is -0.205. The Hall–Kier alpha value is -1.10. The summed E-state index contributed by atoms with van der Waals surface area (Å²) in [5.41, 5.74) is 0. The van der Waals surface area contributed by atoms with Gasteiger partial charge in [0.25, 0.3) is 0 Å². The Kier molecular flexibility index (Phi) is 3.88. The van der Waals surface area contributed by atoms with Crippen molar-refractivity contribution in [2.75, 3.05) is 26.7 Å². The average Bonchev–Trinajstić information content (AvgIpc) is 2.40. The molecule has 1 saturated heterocycles. The highest BCUT2D eigenvalue weighted by atomic mass is 16.5. The molecule has 5 nitrogen and oxygen atoms in total. The predicted octanol–water partition coefficient (Wildman–Crippen LogP) is -0.630. The van der Waals surface area contributed by atoms with Gasteiger partial charge in [-0.2, -0.15) is 0 Å². The number of nitrogens with zero attached hydrogens (tertiary/aromatic N) is 1. The van der Waals surface area contributed by atoms with Crippen molar-refractivity contribution in [2.24, 2.45) is 0 Å². The quantitative estimate of drug-likeness (QED) is 0.603. The minimum absolute atomic E-state index is 0.0459. The van der Waals surface area contributed by atoms with Gasteiger partial charge in [0.05, 0.1) is 7.11 Å². The first-order chi connectivity index (χ1) is 6.65. The van der Waals surface area contributed by atoms with Crippen molar-refractivity contribution in [1.29, 1.82) is 0 Å². The Balaban J connectivity index is 2.50. The number of carbonyl (C=O) groups excluding carboxylic acids is 2. The van der Waals surface area contributed by atoms with Gasteiger partial charge < -0.3 is 10.1 Å². The fourth-order valence-corrected chi connectivity index (χ4v) is 1.49. The van der Waals surface area contributed by atoms with Crippen LogP contribution in [0.3, 0.4) is 0 Å². The number of ether oxygens (including phenoxy) is 1. The van der Waals surface area contributed by atoms with Crippen molar-refractivity contribution in [2.45, 2.75) is 19.4 Å². The summed E-state index contributed by atoms with van der Waals surface area (Å²) in [7, 11) is 1.38. The Morgan fingerprint density at radius 1 is 1.57 bits per heavy atom. The molecule has 0 aromatic rings. The van der Waals surface area contributed by atoms with E-state index in [9.17, 15) is 9.59 Å². The Morgan fingerprint density at radius 3 is 2.93 bits per heavy atom. The van der Waals surface area contributed by atoms with Crippen LogP contribution in [0.2, 0.25) is 0 Å². The molecule has 0 aliphatic carbocycles. The topological polar surface area (TPSA) is 58.6 Å². The van der Waals surface area contributed by atoms with Gasteiger partial charge in [-0.25, -0.2) is 0 Å². The lowest BCUT2D eigenvalue weighted by Crippen LogP contribution is -2.41. The van der Waals surface area contributed by atoms with Crippen LogP contribution in [-0.4, -0.2) is 49.6 Å². The third kappa shape index (κ3) is 2.70. The molecule has 0 aromatic heterocycles. The van der Waals surface area contributed by atoms with E-state index in [0.29, 0.717) is 26.1 Å². The number of hydrogen-bond donors (Lipinski definition) is 1. The number of methoxy groups -OCH3 is 1. The molecule has 1 rings (SSSR count). The van der Waals surface area contributed by atoms with Gasteiger partial charge in [0.2, 0.25) is 5.91 Å². The highest BCUT2D eigenvalue weighted by molar-refractivity contribution is 5.77. The first kappa shape index (κ1) is 11.0. The van der Waals surface area contributed by atoms with Crippen molar-refractivity contribution in [3.05, 3.63) is 0 Å². The lowest BCUT2D eigenvalue weighted by atomic mass is 10.2. The number of nitrogens with one attached hydrogen (secondary N) is 1. The van der Waals surface area contributed by atoms with Gasteiger partial charge in [-0.3, -0.25) is 14.5 Å². The van der Waals surface area contributed by atoms with Gasteiger partial charge in [0, 0.05) is 26.1 Å². The summed E-state index contributed by atoms with van der Waals surface area (Å²) in [4.78, 5) is 24.2. The molecule has 0 spiro atoms. The van der Waals surface area contributed by atoms with Crippen LogP contribution in [0.15, 0.2) is 0 Å². The van der Waals surface area contributed by atoms with Crippen molar-refractivity contribution in [1.82, 2.24) is 10.2 Å². The average molecular weight is 200 g/mol. The second kappa shape index (κ2) is 4.95. The van der Waals surface area contributed by atoms with Crippen LogP contribution in [0.1, 0.15) is 13.3 Å². The van der Waals surface area contributed by atoms with Crippen LogP contribution in [0, 0.1) is 0 Å². The highest BCUT2D eigenvalue weighted by Crippen LogP contribution is 2.04. The highest BCUT2D eigenvalue weighted by Gasteiger charge is 2.23. The molecule has 0 saturated carbocycles. The lowest BCUT2D eigenvalue weighted by Gasteiger charge is -2.24. The third-order valence-electron chi connectivity index (χ3n) is 2.44. The molecule has 14 heavy (non-hydrogen) atoms. The van der Waals surface area contributed by atoms with E-state index in [-0.39, 0.29) is 17.9 Å². The zero-order valence-electron chi connectivity index (χ0n) is 8.58. The summed E-state index contributed by atoms with van der Waals surface area (Å²) in [5, 5.41) is 2.75. The molecule has 1 N–H and O–H groups in total. The second-order valence-electron chi connectivity index (χ2n) is 3.34. The SMILES string of the molecule is COC(=O)C(C)N1CCNC(=O)CC1. The Bertz CT molecular complexity index is 230. The van der Waals surface area contributed by atoms with Gasteiger partial charge >= 0.3 is 5.97 Å². The minimum atomic E-state index is -0.271. The minimum Gasteiger partial charge on any atom is -0.468 e. The predicted molar refractivity (Wildman–Crippen MR) is 50.7 cm³/mol. The molecule has 1 heterocycles. The van der Waals surface area contributed by atoms with Crippen LogP contribution in [0.4, 0.5) is 0 Å². The Labute approximate surface area is 83.4 Å². The van der Waals surface area contributed by atoms with Crippen LogP contribution in [0.5, 0.6) is 0 Å². The van der Waals surface area contributed by atoms with Gasteiger partial charge in [0.1, 0.15) is 6.04 Å². The molecule has 80 valence electrons. The van der Waals surface area contributed by atoms with Crippen LogP contribution < -0.4 is 5.32 Å². The molecule has 1 atom stereocenters. The normalized spacial score (nSPS) is 20.9. The fraction of sp³-hybridized carbons (Fsp3) is 0.778. The number of rotatable bonds is 2. The molecule has 1 unspecified atom stereocenters. The van der Waals surface area contributed by atoms with E-state index in [1.165, 1.54) is 7.11 Å². The van der Waals surface area contributed by atoms with Crippen LogP contribution >= 0.6 is 0 Å². The van der Waals surface area contributed by atoms with Gasteiger partial charge in [-0.1, -0.05) is 0 Å². The zero-order chi connectivity index (χ0) is 10.6. The molecule has 0 bridgehead atoms. The molecule has 5 heteroatoms. The van der Waals surface area contributed by atoms with E-state index in [0.717, 1.165) is 0 Å². The van der Waals surface area contributed by atoms with Gasteiger partial charge in [0.15, 0.2) is 0 Å². The van der Waals surface area contributed by atoms with Gasteiger partial charge in [-0.05, 0) is 6.92 Å². The van der Waals surface area contributed by atoms with E-state index >= 15 is 0 Å². The fourth-order valence-electron chi connectivity index (χ4n) is 1.49. The Morgan fingerprint density at radius 2 is 2.29 bits per heavy atom. The third-order valence-corrected chi connectivity index (χ3v) is 2.44. The van der Waals surface area contributed by atoms with E-state index in [1.807, 2.05) is 4.90 Å². The van der Waals surface area contributed by atoms with E-state index < -0.39 is 0 Å². The smallest absolute Gasteiger partial charge is 0.322 e. The molecular formula is C9H16N2O3. The van der Waals surface area contributed by atoms with Crippen LogP contribution in [0.25, 0.3) is 0 Å². The number of esters is 1. The van der Waals surface area contributed by atoms with Gasteiger partial charge in [-0.15, -0.1) is 0 Å². The molecule has 1 aliphatic rings. The van der Waals surface area contributed by atoms with Crippen LogP contribution in [-0.2, 0) is 14.3 Å². The second-order valence-corrected chi connectivity index (χ2v) is 3.34. The number of hydrogen-bond acceptors (Lipinski definition) is 4. The molecule has 1 fully saturated rings. The summed E-state index contributed by atoms with van der Waals surface area (Å²) in [6, 6.07) is -0.271. The van der Waals surface area contributed by atoms with E-state index in [1.54, 1.807) is 6.92 Å². The van der Waals surface area contributed by atoms with Crippen molar-refractivity contribution in [3.63, 3.8) is 0 Å². The molecule has 0 aromatic carbocycles. The maximum absolute atomic E-state index is 11.2. The number of carbonyl (C=O) groups is 2. The molecular weight excluding hydrogens is 184 g/mol. The largest absolute Gasteiger partial charge is 0.468 e. The number of amides is 1. The summed E-state index contributed by atoms with van der Waals surface area (Å²) in [6.45, 7) is 3.70. The summed E-state index contributed by atoms with van der Waals surface area (Å²) in [6.07, 6.45) is 0.446. The van der Waals surface area contributed by atoms with Crippen molar-refractivity contribution < 1.29 is 14.3 Å². The summed E-state index contributed by atoms with van der Waals surface area (Å²) >= 11 is 0. The zero-order valence-corrected chi connectivity index (χ0v) is 8.58. The lowest BCUT2D eigenvalue weighted by molar-refractivity contribution is -0.146. The monoisotopic (exact) mass is 200 g/mol. The van der Waals surface area contributed by atoms with Crippen molar-refractivity contribution >= 4 is 11.9 Å². The van der Waals surface area contributed by atoms with E-state index in [4.69, 9.17) is 0 Å².